The van der Waals surface area contributed by atoms with Gasteiger partial charge in [0.05, 0.1) is 17.2 Å². The number of rotatable bonds is 7. The molecule has 2 N–H and O–H groups in total. The van der Waals surface area contributed by atoms with E-state index in [9.17, 15) is 9.90 Å². The number of aromatic nitrogens is 2. The lowest BCUT2D eigenvalue weighted by molar-refractivity contribution is -0.0550. The van der Waals surface area contributed by atoms with E-state index in [1.165, 1.54) is 42.4 Å². The van der Waals surface area contributed by atoms with Crippen LogP contribution in [0, 0.1) is 0 Å². The second-order valence-corrected chi connectivity index (χ2v) is 9.66. The number of hydrogen-bond acceptors (Lipinski definition) is 5. The van der Waals surface area contributed by atoms with Gasteiger partial charge in [-0.05, 0) is 74.5 Å². The Hall–Kier alpha value is -2.47. The summed E-state index contributed by atoms with van der Waals surface area (Å²) in [6.45, 7) is 4.83. The van der Waals surface area contributed by atoms with E-state index in [2.05, 4.69) is 33.5 Å². The molecular formula is C24H30N4O2. The highest BCUT2D eigenvalue weighted by Crippen LogP contribution is 2.45. The summed E-state index contributed by atoms with van der Waals surface area (Å²) < 4.78 is 0. The van der Waals surface area contributed by atoms with Crippen molar-refractivity contribution < 1.29 is 9.90 Å². The second-order valence-electron chi connectivity index (χ2n) is 9.66. The van der Waals surface area contributed by atoms with Crippen LogP contribution in [0.5, 0.6) is 0 Å². The van der Waals surface area contributed by atoms with Gasteiger partial charge in [-0.25, -0.2) is 9.97 Å². The highest BCUT2D eigenvalue weighted by molar-refractivity contribution is 5.94. The molecule has 3 fully saturated rings. The van der Waals surface area contributed by atoms with Crippen molar-refractivity contribution in [2.45, 2.75) is 76.0 Å². The van der Waals surface area contributed by atoms with Crippen molar-refractivity contribution in [2.75, 3.05) is 11.9 Å². The third-order valence-electron chi connectivity index (χ3n) is 6.58. The summed E-state index contributed by atoms with van der Waals surface area (Å²) in [5.41, 5.74) is 3.80. The quantitative estimate of drug-likeness (QED) is 0.731. The van der Waals surface area contributed by atoms with Gasteiger partial charge in [-0.2, -0.15) is 0 Å². The molecule has 1 aromatic carbocycles. The Morgan fingerprint density at radius 3 is 2.13 bits per heavy atom. The standard InChI is InChI=1S/C24H30N4O2/c1-24(2,30)21-7-8-28(21)22(29)20-13-26-23(27-14-20)25-12-15-9-18(16-3-4-16)11-19(10-15)17-5-6-17/h9-11,13-14,16-17,21,30H,3-8,12H2,1-2H3,(H,25,26,27)/t21-/m0/s1. The third-order valence-corrected chi connectivity index (χ3v) is 6.58. The molecule has 0 spiro atoms. The number of aliphatic hydroxyl groups is 1. The molecule has 1 aromatic heterocycles. The molecule has 1 atom stereocenters. The summed E-state index contributed by atoms with van der Waals surface area (Å²) >= 11 is 0. The topological polar surface area (TPSA) is 78.3 Å². The first-order chi connectivity index (χ1) is 14.4. The zero-order valence-electron chi connectivity index (χ0n) is 17.8. The summed E-state index contributed by atoms with van der Waals surface area (Å²) in [4.78, 5) is 23.1. The van der Waals surface area contributed by atoms with E-state index in [0.29, 0.717) is 24.6 Å². The van der Waals surface area contributed by atoms with E-state index in [1.807, 2.05) is 0 Å². The maximum Gasteiger partial charge on any atom is 0.257 e. The summed E-state index contributed by atoms with van der Waals surface area (Å²) in [6, 6.07) is 6.89. The zero-order valence-corrected chi connectivity index (χ0v) is 17.8. The lowest BCUT2D eigenvalue weighted by atomic mass is 9.87. The molecule has 30 heavy (non-hydrogen) atoms. The molecule has 2 aromatic rings. The average molecular weight is 407 g/mol. The lowest BCUT2D eigenvalue weighted by Crippen LogP contribution is -2.60. The first kappa shape index (κ1) is 19.5. The Balaban J connectivity index is 1.23. The van der Waals surface area contributed by atoms with E-state index in [-0.39, 0.29) is 11.9 Å². The van der Waals surface area contributed by atoms with Gasteiger partial charge in [0.15, 0.2) is 0 Å². The Bertz CT molecular complexity index is 912. The summed E-state index contributed by atoms with van der Waals surface area (Å²) in [5, 5.41) is 13.5. The normalized spacial score (nSPS) is 21.3. The molecule has 158 valence electrons. The van der Waals surface area contributed by atoms with Crippen LogP contribution >= 0.6 is 0 Å². The molecule has 2 saturated carbocycles. The van der Waals surface area contributed by atoms with Crippen LogP contribution < -0.4 is 5.32 Å². The minimum absolute atomic E-state index is 0.119. The minimum Gasteiger partial charge on any atom is -0.388 e. The number of carbonyl (C=O) groups excluding carboxylic acids is 1. The van der Waals surface area contributed by atoms with Crippen molar-refractivity contribution in [3.63, 3.8) is 0 Å². The molecule has 6 heteroatoms. The Labute approximate surface area is 177 Å². The monoisotopic (exact) mass is 406 g/mol. The van der Waals surface area contributed by atoms with Crippen molar-refractivity contribution in [2.24, 2.45) is 0 Å². The largest absolute Gasteiger partial charge is 0.388 e. The molecular weight excluding hydrogens is 376 g/mol. The Kier molecular flexibility index (Phi) is 4.77. The number of amides is 1. The highest BCUT2D eigenvalue weighted by atomic mass is 16.3. The average Bonchev–Trinajstić information content (AvgIpc) is 3.56. The van der Waals surface area contributed by atoms with E-state index in [4.69, 9.17) is 0 Å². The van der Waals surface area contributed by atoms with E-state index in [0.717, 1.165) is 18.3 Å². The summed E-state index contributed by atoms with van der Waals surface area (Å²) in [5.74, 6) is 1.90. The summed E-state index contributed by atoms with van der Waals surface area (Å²) in [6.07, 6.45) is 9.21. The van der Waals surface area contributed by atoms with Gasteiger partial charge in [-0.1, -0.05) is 18.2 Å². The fourth-order valence-electron chi connectivity index (χ4n) is 4.39. The second kappa shape index (κ2) is 7.34. The SMILES string of the molecule is CC(C)(O)[C@@H]1CCN1C(=O)c1cnc(NCc2cc(C3CC3)cc(C3CC3)c2)nc1. The van der Waals surface area contributed by atoms with Crippen LogP contribution in [0.4, 0.5) is 5.95 Å². The number of nitrogens with zero attached hydrogens (tertiary/aromatic N) is 3. The molecule has 2 aliphatic carbocycles. The van der Waals surface area contributed by atoms with Crippen LogP contribution in [0.25, 0.3) is 0 Å². The molecule has 1 aliphatic heterocycles. The van der Waals surface area contributed by atoms with Crippen LogP contribution in [-0.2, 0) is 6.54 Å². The minimum atomic E-state index is -0.898. The maximum absolute atomic E-state index is 12.7. The van der Waals surface area contributed by atoms with Crippen LogP contribution in [0.1, 0.15) is 84.8 Å². The number of benzene rings is 1. The Morgan fingerprint density at radius 1 is 1.07 bits per heavy atom. The third kappa shape index (κ3) is 4.06. The number of nitrogens with one attached hydrogen (secondary N) is 1. The number of hydrogen-bond donors (Lipinski definition) is 2. The van der Waals surface area contributed by atoms with Crippen molar-refractivity contribution in [1.82, 2.24) is 14.9 Å². The lowest BCUT2D eigenvalue weighted by Gasteiger charge is -2.47. The molecule has 6 nitrogen and oxygen atoms in total. The molecule has 1 amide bonds. The van der Waals surface area contributed by atoms with Gasteiger partial charge in [0.2, 0.25) is 5.95 Å². The van der Waals surface area contributed by atoms with Crippen molar-refractivity contribution >= 4 is 11.9 Å². The first-order valence-electron chi connectivity index (χ1n) is 11.1. The number of anilines is 1. The van der Waals surface area contributed by atoms with Crippen molar-refractivity contribution in [3.8, 4) is 0 Å². The van der Waals surface area contributed by atoms with Crippen molar-refractivity contribution in [3.05, 3.63) is 52.8 Å². The Morgan fingerprint density at radius 2 is 1.67 bits per heavy atom. The molecule has 3 aliphatic rings. The molecule has 0 bridgehead atoms. The van der Waals surface area contributed by atoms with Gasteiger partial charge in [0.25, 0.3) is 5.91 Å². The molecule has 5 rings (SSSR count). The first-order valence-corrected chi connectivity index (χ1v) is 11.1. The molecule has 0 radical (unpaired) electrons. The van der Waals surface area contributed by atoms with Crippen LogP contribution in [0.3, 0.4) is 0 Å². The zero-order chi connectivity index (χ0) is 20.9. The van der Waals surface area contributed by atoms with Crippen LogP contribution in [0.2, 0.25) is 0 Å². The van der Waals surface area contributed by atoms with E-state index >= 15 is 0 Å². The fourth-order valence-corrected chi connectivity index (χ4v) is 4.39. The molecule has 2 heterocycles. The van der Waals surface area contributed by atoms with Gasteiger partial charge in [0, 0.05) is 25.5 Å². The molecule has 0 unspecified atom stereocenters. The number of carbonyl (C=O) groups is 1. The maximum atomic E-state index is 12.7. The fraction of sp³-hybridized carbons (Fsp3) is 0.542. The molecule has 1 saturated heterocycles. The smallest absolute Gasteiger partial charge is 0.257 e. The van der Waals surface area contributed by atoms with Gasteiger partial charge in [-0.15, -0.1) is 0 Å². The predicted octanol–water partition coefficient (Wildman–Crippen LogP) is 3.83. The van der Waals surface area contributed by atoms with Crippen molar-refractivity contribution in [1.29, 1.82) is 0 Å². The van der Waals surface area contributed by atoms with Gasteiger partial charge >= 0.3 is 0 Å². The van der Waals surface area contributed by atoms with Gasteiger partial charge < -0.3 is 15.3 Å². The summed E-state index contributed by atoms with van der Waals surface area (Å²) in [7, 11) is 0. The van der Waals surface area contributed by atoms with Gasteiger partial charge in [0.1, 0.15) is 0 Å². The van der Waals surface area contributed by atoms with Gasteiger partial charge in [-0.3, -0.25) is 4.79 Å². The highest BCUT2D eigenvalue weighted by Gasteiger charge is 2.42. The van der Waals surface area contributed by atoms with E-state index in [1.54, 1.807) is 31.1 Å². The van der Waals surface area contributed by atoms with Crippen LogP contribution in [0.15, 0.2) is 30.6 Å². The predicted molar refractivity (Wildman–Crippen MR) is 115 cm³/mol. The van der Waals surface area contributed by atoms with E-state index < -0.39 is 5.60 Å². The van der Waals surface area contributed by atoms with Crippen LogP contribution in [-0.4, -0.2) is 44.1 Å². The number of likely N-dealkylation sites (tertiary alicyclic amines) is 1.